The average molecular weight is 561 g/mol. The minimum absolute atomic E-state index is 0.0703. The van der Waals surface area contributed by atoms with Crippen LogP contribution in [0.5, 0.6) is 0 Å². The first-order chi connectivity index (χ1) is 19.7. The summed E-state index contributed by atoms with van der Waals surface area (Å²) in [7, 11) is 2.64. The van der Waals surface area contributed by atoms with Crippen LogP contribution in [0.1, 0.15) is 17.5 Å². The minimum atomic E-state index is -0.614. The number of para-hydroxylation sites is 1. The molecular formula is C35H34N2OP2. The minimum Gasteiger partial charge on any atom is -0.248 e. The molecule has 3 atom stereocenters. The van der Waals surface area contributed by atoms with Gasteiger partial charge in [-0.25, -0.2) is 5.48 Å². The summed E-state index contributed by atoms with van der Waals surface area (Å²) in [6.07, 6.45) is 0.985. The van der Waals surface area contributed by atoms with Crippen LogP contribution in [-0.4, -0.2) is 23.3 Å². The number of nitrogens with zero attached hydrogens (tertiary/aromatic N) is 1. The van der Waals surface area contributed by atoms with Gasteiger partial charge in [0.15, 0.2) is 0 Å². The van der Waals surface area contributed by atoms with Gasteiger partial charge in [0.05, 0.1) is 16.9 Å². The molecule has 0 aliphatic carbocycles. The molecule has 0 aromatic heterocycles. The van der Waals surface area contributed by atoms with Gasteiger partial charge in [0.2, 0.25) is 0 Å². The van der Waals surface area contributed by atoms with Crippen molar-refractivity contribution in [3.63, 3.8) is 0 Å². The van der Waals surface area contributed by atoms with Crippen LogP contribution >= 0.6 is 17.2 Å². The number of hydrogen-bond donors (Lipinski definition) is 1. The van der Waals surface area contributed by atoms with Crippen molar-refractivity contribution in [1.82, 2.24) is 5.06 Å². The average Bonchev–Trinajstić information content (AvgIpc) is 3.46. The Kier molecular flexibility index (Phi) is 8.37. The van der Waals surface area contributed by atoms with E-state index in [9.17, 15) is 0 Å². The van der Waals surface area contributed by atoms with Crippen molar-refractivity contribution in [3.8, 4) is 0 Å². The van der Waals surface area contributed by atoms with Crippen LogP contribution < -0.4 is 16.1 Å². The van der Waals surface area contributed by atoms with E-state index in [-0.39, 0.29) is 11.2 Å². The standard InChI is InChI=1S/C35H34N2OP2/c39-35(28-16-6-1-7-17-28,29-18-8-2-9-19-29)34-26-33(27-37(34)38-36-30-20-10-3-11-21-30)40(31-22-12-4-13-23-31)32-24-14-5-15-25-32/h1-25,33-34,36H,26-27,39H2/t33-,34-/m1/s1. The van der Waals surface area contributed by atoms with Crippen LogP contribution in [0, 0.1) is 0 Å². The summed E-state index contributed by atoms with van der Waals surface area (Å²) < 4.78 is 0. The lowest BCUT2D eigenvalue weighted by molar-refractivity contribution is -0.147. The second kappa shape index (κ2) is 12.5. The Morgan fingerprint density at radius 3 is 1.52 bits per heavy atom. The van der Waals surface area contributed by atoms with Crippen molar-refractivity contribution >= 4 is 33.5 Å². The largest absolute Gasteiger partial charge is 0.248 e. The van der Waals surface area contributed by atoms with Crippen molar-refractivity contribution in [2.45, 2.75) is 23.3 Å². The summed E-state index contributed by atoms with van der Waals surface area (Å²) in [5.41, 5.74) is 7.11. The predicted molar refractivity (Wildman–Crippen MR) is 172 cm³/mol. The van der Waals surface area contributed by atoms with Gasteiger partial charge in [0.25, 0.3) is 0 Å². The van der Waals surface area contributed by atoms with E-state index in [1.807, 2.05) is 30.3 Å². The van der Waals surface area contributed by atoms with E-state index < -0.39 is 7.92 Å². The number of benzene rings is 5. The maximum absolute atomic E-state index is 6.52. The molecule has 1 fully saturated rings. The van der Waals surface area contributed by atoms with E-state index in [4.69, 9.17) is 4.94 Å². The maximum atomic E-state index is 6.52. The molecule has 1 heterocycles. The first-order valence-corrected chi connectivity index (χ1v) is 15.8. The van der Waals surface area contributed by atoms with Crippen LogP contribution in [0.3, 0.4) is 0 Å². The summed E-state index contributed by atoms with van der Waals surface area (Å²) in [5, 5.41) is 4.63. The zero-order valence-electron chi connectivity index (χ0n) is 22.4. The highest BCUT2D eigenvalue weighted by atomic mass is 31.1. The molecule has 1 aliphatic heterocycles. The molecule has 0 saturated carbocycles. The fourth-order valence-corrected chi connectivity index (χ4v) is 9.38. The van der Waals surface area contributed by atoms with E-state index in [0.29, 0.717) is 5.66 Å². The monoisotopic (exact) mass is 560 g/mol. The van der Waals surface area contributed by atoms with Crippen LogP contribution in [0.2, 0.25) is 0 Å². The number of anilines is 1. The third-order valence-electron chi connectivity index (χ3n) is 7.75. The van der Waals surface area contributed by atoms with Gasteiger partial charge in [0, 0.05) is 12.2 Å². The van der Waals surface area contributed by atoms with Gasteiger partial charge in [-0.1, -0.05) is 140 Å². The Balaban J connectivity index is 1.43. The molecular weight excluding hydrogens is 526 g/mol. The predicted octanol–water partition coefficient (Wildman–Crippen LogP) is 7.34. The zero-order chi connectivity index (χ0) is 27.2. The number of rotatable bonds is 9. The Morgan fingerprint density at radius 2 is 1.05 bits per heavy atom. The topological polar surface area (TPSA) is 24.5 Å². The lowest BCUT2D eigenvalue weighted by Crippen LogP contribution is -2.45. The smallest absolute Gasteiger partial charge is 0.0623 e. The quantitative estimate of drug-likeness (QED) is 0.151. The summed E-state index contributed by atoms with van der Waals surface area (Å²) in [6, 6.07) is 54.0. The van der Waals surface area contributed by atoms with Crippen LogP contribution in [0.15, 0.2) is 152 Å². The molecule has 0 spiro atoms. The fourth-order valence-electron chi connectivity index (χ4n) is 5.83. The first kappa shape index (κ1) is 26.9. The molecule has 1 unspecified atom stereocenters. The second-order valence-corrected chi connectivity index (χ2v) is 13.6. The molecule has 200 valence electrons. The maximum Gasteiger partial charge on any atom is 0.0623 e. The SMILES string of the molecule is PC(c1ccccc1)(c1ccccc1)[C@H]1C[C@@H](P(c2ccccc2)c2ccccc2)CN1ONc1ccccc1. The molecule has 1 N–H and O–H groups in total. The molecule has 1 saturated heterocycles. The van der Waals surface area contributed by atoms with E-state index in [0.717, 1.165) is 18.7 Å². The lowest BCUT2D eigenvalue weighted by Gasteiger charge is -2.40. The Bertz CT molecular complexity index is 1390. The summed E-state index contributed by atoms with van der Waals surface area (Å²) in [6.45, 7) is 0.815. The number of hydrogen-bond acceptors (Lipinski definition) is 3. The van der Waals surface area contributed by atoms with Gasteiger partial charge >= 0.3 is 0 Å². The van der Waals surface area contributed by atoms with Gasteiger partial charge in [-0.05, 0) is 48.2 Å². The molecule has 5 aromatic carbocycles. The van der Waals surface area contributed by atoms with Crippen molar-refractivity contribution in [1.29, 1.82) is 0 Å². The third-order valence-corrected chi connectivity index (χ3v) is 11.6. The highest BCUT2D eigenvalue weighted by molar-refractivity contribution is 7.73. The van der Waals surface area contributed by atoms with E-state index in [2.05, 4.69) is 141 Å². The van der Waals surface area contributed by atoms with E-state index >= 15 is 0 Å². The third kappa shape index (κ3) is 5.62. The number of nitrogens with one attached hydrogen (secondary N) is 1. The van der Waals surface area contributed by atoms with Crippen LogP contribution in [0.4, 0.5) is 5.69 Å². The van der Waals surface area contributed by atoms with Gasteiger partial charge in [-0.15, -0.1) is 9.24 Å². The van der Waals surface area contributed by atoms with Crippen molar-refractivity contribution < 1.29 is 4.94 Å². The van der Waals surface area contributed by atoms with Crippen molar-refractivity contribution in [3.05, 3.63) is 163 Å². The van der Waals surface area contributed by atoms with Gasteiger partial charge < -0.3 is 0 Å². The molecule has 0 amide bonds. The molecule has 40 heavy (non-hydrogen) atoms. The highest BCUT2D eigenvalue weighted by Gasteiger charge is 2.49. The number of hydroxylamine groups is 2. The highest BCUT2D eigenvalue weighted by Crippen LogP contribution is 2.53. The Hall–Kier alpha value is -3.32. The summed E-state index contributed by atoms with van der Waals surface area (Å²) >= 11 is 0. The van der Waals surface area contributed by atoms with Gasteiger partial charge in [0.1, 0.15) is 0 Å². The Morgan fingerprint density at radius 1 is 0.625 bits per heavy atom. The summed E-state index contributed by atoms with van der Waals surface area (Å²) in [4.78, 5) is 6.52. The van der Waals surface area contributed by atoms with Crippen molar-refractivity contribution in [2.24, 2.45) is 0 Å². The van der Waals surface area contributed by atoms with Gasteiger partial charge in [-0.3, -0.25) is 0 Å². The normalized spacial score (nSPS) is 17.6. The first-order valence-electron chi connectivity index (χ1n) is 13.8. The van der Waals surface area contributed by atoms with Crippen LogP contribution in [-0.2, 0) is 10.1 Å². The molecule has 3 nitrogen and oxygen atoms in total. The van der Waals surface area contributed by atoms with Crippen molar-refractivity contribution in [2.75, 3.05) is 12.0 Å². The Labute approximate surface area is 241 Å². The fraction of sp³-hybridized carbons (Fsp3) is 0.143. The van der Waals surface area contributed by atoms with Gasteiger partial charge in [-0.2, -0.15) is 10.0 Å². The van der Waals surface area contributed by atoms with Crippen LogP contribution in [0.25, 0.3) is 0 Å². The molecule has 0 radical (unpaired) electrons. The molecule has 0 bridgehead atoms. The summed E-state index contributed by atoms with van der Waals surface area (Å²) in [5.74, 6) is 0. The zero-order valence-corrected chi connectivity index (χ0v) is 24.4. The second-order valence-electron chi connectivity index (χ2n) is 10.2. The lowest BCUT2D eigenvalue weighted by atomic mass is 9.83. The molecule has 5 heteroatoms. The van der Waals surface area contributed by atoms with E-state index in [1.54, 1.807) is 0 Å². The molecule has 1 aliphatic rings. The van der Waals surface area contributed by atoms with E-state index in [1.165, 1.54) is 21.7 Å². The molecule has 6 rings (SSSR count). The molecule has 5 aromatic rings.